The van der Waals surface area contributed by atoms with Gasteiger partial charge in [-0.05, 0) is 32.4 Å². The molecule has 106 valence electrons. The summed E-state index contributed by atoms with van der Waals surface area (Å²) in [4.78, 5) is 12.1. The van der Waals surface area contributed by atoms with Crippen LogP contribution in [0, 0.1) is 0 Å². The van der Waals surface area contributed by atoms with E-state index < -0.39 is 5.60 Å². The second kappa shape index (κ2) is 6.43. The molecule has 4 N–H and O–H groups in total. The Bertz CT molecular complexity index is 444. The molecule has 0 heterocycles. The molecular weight excluding hydrogens is 244 g/mol. The molecule has 0 radical (unpaired) electrons. The number of para-hydroxylation sites is 1. The van der Waals surface area contributed by atoms with Gasteiger partial charge in [-0.25, -0.2) is 0 Å². The molecule has 0 aliphatic heterocycles. The van der Waals surface area contributed by atoms with Crippen LogP contribution in [0.3, 0.4) is 0 Å². The van der Waals surface area contributed by atoms with Gasteiger partial charge < -0.3 is 20.9 Å². The molecule has 0 aliphatic carbocycles. The Balaban J connectivity index is 2.85. The first-order valence-electron chi connectivity index (χ1n) is 6.43. The molecule has 0 saturated heterocycles. The van der Waals surface area contributed by atoms with Crippen molar-refractivity contribution in [2.75, 3.05) is 18.9 Å². The number of nitrogens with two attached hydrogens (primary N) is 1. The summed E-state index contributed by atoms with van der Waals surface area (Å²) in [5.74, 6) is 0.0862. The lowest BCUT2D eigenvalue weighted by atomic mass is 10.0. The van der Waals surface area contributed by atoms with Crippen molar-refractivity contribution in [1.29, 1.82) is 0 Å². The highest BCUT2D eigenvalue weighted by Crippen LogP contribution is 2.26. The maximum atomic E-state index is 12.1. The molecule has 0 spiro atoms. The predicted molar refractivity (Wildman–Crippen MR) is 75.3 cm³/mol. The van der Waals surface area contributed by atoms with Crippen molar-refractivity contribution in [2.45, 2.75) is 32.8 Å². The summed E-state index contributed by atoms with van der Waals surface area (Å²) in [7, 11) is 0. The molecule has 0 fully saturated rings. The van der Waals surface area contributed by atoms with Gasteiger partial charge in [-0.1, -0.05) is 13.0 Å². The molecule has 1 aromatic carbocycles. The van der Waals surface area contributed by atoms with Crippen LogP contribution in [0.1, 0.15) is 37.6 Å². The topological polar surface area (TPSA) is 84.6 Å². The standard InChI is InChI=1S/C14H22N2O3/c1-4-14(3,18)9-16-13(17)10-7-6-8-11(15)12(10)19-5-2/h6-8,18H,4-5,9,15H2,1-3H3,(H,16,17). The minimum absolute atomic E-state index is 0.183. The number of amides is 1. The summed E-state index contributed by atoms with van der Waals surface area (Å²) in [6.07, 6.45) is 0.558. The monoisotopic (exact) mass is 266 g/mol. The average molecular weight is 266 g/mol. The molecule has 0 aliphatic rings. The lowest BCUT2D eigenvalue weighted by Crippen LogP contribution is -2.40. The number of aliphatic hydroxyl groups is 1. The molecule has 1 amide bonds. The van der Waals surface area contributed by atoms with Gasteiger partial charge in [0.1, 0.15) is 0 Å². The molecule has 19 heavy (non-hydrogen) atoms. The number of nitrogen functional groups attached to an aromatic ring is 1. The van der Waals surface area contributed by atoms with Crippen molar-refractivity contribution >= 4 is 11.6 Å². The fourth-order valence-electron chi connectivity index (χ4n) is 1.53. The summed E-state index contributed by atoms with van der Waals surface area (Å²) in [6.45, 7) is 5.98. The first-order chi connectivity index (χ1) is 8.91. The van der Waals surface area contributed by atoms with Gasteiger partial charge in [0.25, 0.3) is 5.91 Å². The highest BCUT2D eigenvalue weighted by molar-refractivity contribution is 5.98. The summed E-state index contributed by atoms with van der Waals surface area (Å²) in [5, 5.41) is 12.6. The Morgan fingerprint density at radius 3 is 2.74 bits per heavy atom. The van der Waals surface area contributed by atoms with Crippen molar-refractivity contribution in [3.63, 3.8) is 0 Å². The highest BCUT2D eigenvalue weighted by Gasteiger charge is 2.21. The van der Waals surface area contributed by atoms with Crippen LogP contribution >= 0.6 is 0 Å². The van der Waals surface area contributed by atoms with Gasteiger partial charge in [0.05, 0.1) is 23.5 Å². The number of hydrogen-bond donors (Lipinski definition) is 3. The van der Waals surface area contributed by atoms with E-state index >= 15 is 0 Å². The smallest absolute Gasteiger partial charge is 0.255 e. The van der Waals surface area contributed by atoms with E-state index in [9.17, 15) is 9.90 Å². The first-order valence-corrected chi connectivity index (χ1v) is 6.43. The van der Waals surface area contributed by atoms with Gasteiger partial charge in [0.2, 0.25) is 0 Å². The minimum Gasteiger partial charge on any atom is -0.491 e. The molecule has 1 rings (SSSR count). The quantitative estimate of drug-likeness (QED) is 0.682. The van der Waals surface area contributed by atoms with Crippen LogP contribution in [0.25, 0.3) is 0 Å². The zero-order valence-corrected chi connectivity index (χ0v) is 11.7. The number of rotatable bonds is 6. The van der Waals surface area contributed by atoms with Crippen molar-refractivity contribution in [1.82, 2.24) is 5.32 Å². The Morgan fingerprint density at radius 1 is 1.47 bits per heavy atom. The fourth-order valence-corrected chi connectivity index (χ4v) is 1.53. The van der Waals surface area contributed by atoms with Crippen molar-refractivity contribution < 1.29 is 14.6 Å². The second-order valence-corrected chi connectivity index (χ2v) is 4.69. The molecule has 5 heteroatoms. The summed E-state index contributed by atoms with van der Waals surface area (Å²) in [5.41, 5.74) is 5.69. The third-order valence-electron chi connectivity index (χ3n) is 2.97. The molecule has 0 bridgehead atoms. The third-order valence-corrected chi connectivity index (χ3v) is 2.97. The van der Waals surface area contributed by atoms with Crippen LogP contribution in [-0.2, 0) is 0 Å². The van der Waals surface area contributed by atoms with Crippen molar-refractivity contribution in [3.8, 4) is 5.75 Å². The zero-order valence-electron chi connectivity index (χ0n) is 11.7. The summed E-state index contributed by atoms with van der Waals surface area (Å²) < 4.78 is 5.40. The SMILES string of the molecule is CCOc1c(N)cccc1C(=O)NCC(C)(O)CC. The molecule has 1 atom stereocenters. The van der Waals surface area contributed by atoms with Gasteiger partial charge >= 0.3 is 0 Å². The minimum atomic E-state index is -0.915. The Morgan fingerprint density at radius 2 is 2.16 bits per heavy atom. The number of hydrogen-bond acceptors (Lipinski definition) is 4. The lowest BCUT2D eigenvalue weighted by Gasteiger charge is -2.22. The third kappa shape index (κ3) is 4.13. The largest absolute Gasteiger partial charge is 0.491 e. The predicted octanol–water partition coefficient (Wildman–Crippen LogP) is 1.56. The zero-order chi connectivity index (χ0) is 14.5. The van der Waals surface area contributed by atoms with Gasteiger partial charge in [0, 0.05) is 6.54 Å². The Hall–Kier alpha value is -1.75. The van der Waals surface area contributed by atoms with Crippen LogP contribution in [-0.4, -0.2) is 29.8 Å². The molecule has 1 aromatic rings. The normalized spacial score (nSPS) is 13.7. The van der Waals surface area contributed by atoms with Crippen LogP contribution < -0.4 is 15.8 Å². The molecule has 1 unspecified atom stereocenters. The van der Waals surface area contributed by atoms with E-state index in [2.05, 4.69) is 5.32 Å². The van der Waals surface area contributed by atoms with E-state index in [0.717, 1.165) is 0 Å². The number of carbonyl (C=O) groups excluding carboxylic acids is 1. The number of carbonyl (C=O) groups is 1. The van der Waals surface area contributed by atoms with Crippen molar-refractivity contribution in [2.24, 2.45) is 0 Å². The van der Waals surface area contributed by atoms with Crippen LogP contribution in [0.4, 0.5) is 5.69 Å². The van der Waals surface area contributed by atoms with E-state index in [1.165, 1.54) is 0 Å². The number of nitrogens with one attached hydrogen (secondary N) is 1. The van der Waals surface area contributed by atoms with E-state index in [4.69, 9.17) is 10.5 Å². The number of ether oxygens (including phenoxy) is 1. The van der Waals surface area contributed by atoms with Crippen molar-refractivity contribution in [3.05, 3.63) is 23.8 Å². The number of anilines is 1. The van der Waals surface area contributed by atoms with E-state index in [1.54, 1.807) is 25.1 Å². The fraction of sp³-hybridized carbons (Fsp3) is 0.500. The van der Waals surface area contributed by atoms with E-state index in [-0.39, 0.29) is 12.5 Å². The molecular formula is C14H22N2O3. The maximum Gasteiger partial charge on any atom is 0.255 e. The first kappa shape index (κ1) is 15.3. The lowest BCUT2D eigenvalue weighted by molar-refractivity contribution is 0.0517. The molecule has 5 nitrogen and oxygen atoms in total. The van der Waals surface area contributed by atoms with Gasteiger partial charge in [-0.15, -0.1) is 0 Å². The second-order valence-electron chi connectivity index (χ2n) is 4.69. The van der Waals surface area contributed by atoms with Gasteiger partial charge in [-0.2, -0.15) is 0 Å². The maximum absolute atomic E-state index is 12.1. The molecule has 0 aromatic heterocycles. The van der Waals surface area contributed by atoms with Gasteiger partial charge in [-0.3, -0.25) is 4.79 Å². The van der Waals surface area contributed by atoms with Crippen LogP contribution in [0.15, 0.2) is 18.2 Å². The number of benzene rings is 1. The summed E-state index contributed by atoms with van der Waals surface area (Å²) >= 11 is 0. The van der Waals surface area contributed by atoms with Gasteiger partial charge in [0.15, 0.2) is 5.75 Å². The summed E-state index contributed by atoms with van der Waals surface area (Å²) in [6, 6.07) is 5.03. The Kier molecular flexibility index (Phi) is 5.18. The Labute approximate surface area is 113 Å². The highest BCUT2D eigenvalue weighted by atomic mass is 16.5. The van der Waals surface area contributed by atoms with E-state index in [0.29, 0.717) is 30.0 Å². The van der Waals surface area contributed by atoms with Crippen LogP contribution in [0.2, 0.25) is 0 Å². The molecule has 0 saturated carbocycles. The average Bonchev–Trinajstić information content (AvgIpc) is 2.38. The van der Waals surface area contributed by atoms with Crippen LogP contribution in [0.5, 0.6) is 5.75 Å². The van der Waals surface area contributed by atoms with E-state index in [1.807, 2.05) is 13.8 Å².